The molecular formula is C23H38N6O5. The van der Waals surface area contributed by atoms with Crippen molar-refractivity contribution in [1.82, 2.24) is 30.5 Å². The Labute approximate surface area is 201 Å². The number of nitrogens with one attached hydrogen (secondary N) is 2. The summed E-state index contributed by atoms with van der Waals surface area (Å²) in [5.74, 6) is -0.0978. The summed E-state index contributed by atoms with van der Waals surface area (Å²) in [6.45, 7) is 15.0. The van der Waals surface area contributed by atoms with Gasteiger partial charge >= 0.3 is 6.03 Å². The van der Waals surface area contributed by atoms with Crippen molar-refractivity contribution < 1.29 is 23.8 Å². The monoisotopic (exact) mass is 478 g/mol. The fraction of sp³-hybridized carbons (Fsp3) is 0.652. The Morgan fingerprint density at radius 1 is 1.00 bits per heavy atom. The lowest BCUT2D eigenvalue weighted by Gasteiger charge is -2.18. The number of amides is 3. The van der Waals surface area contributed by atoms with Gasteiger partial charge in [-0.05, 0) is 17.9 Å². The minimum atomic E-state index is -0.173. The maximum atomic E-state index is 11.7. The summed E-state index contributed by atoms with van der Waals surface area (Å²) in [4.78, 5) is 24.9. The highest BCUT2D eigenvalue weighted by atomic mass is 16.5. The van der Waals surface area contributed by atoms with Crippen LogP contribution in [-0.4, -0.2) is 84.6 Å². The summed E-state index contributed by atoms with van der Waals surface area (Å²) in [5.41, 5.74) is 1.55. The van der Waals surface area contributed by atoms with Crippen molar-refractivity contribution in [3.05, 3.63) is 36.3 Å². The molecule has 1 aliphatic heterocycles. The summed E-state index contributed by atoms with van der Waals surface area (Å²) in [7, 11) is 0. The second-order valence-corrected chi connectivity index (χ2v) is 9.05. The van der Waals surface area contributed by atoms with Crippen LogP contribution in [0.4, 0.5) is 4.79 Å². The first kappa shape index (κ1) is 27.5. The molecule has 0 aliphatic carbocycles. The third-order valence-corrected chi connectivity index (χ3v) is 4.84. The fourth-order valence-electron chi connectivity index (χ4n) is 2.90. The van der Waals surface area contributed by atoms with E-state index in [1.165, 1.54) is 6.08 Å². The molecule has 0 radical (unpaired) electrons. The number of ether oxygens (including phenoxy) is 3. The Bertz CT molecular complexity index is 799. The molecular weight excluding hydrogens is 440 g/mol. The van der Waals surface area contributed by atoms with Gasteiger partial charge in [-0.2, -0.15) is 0 Å². The van der Waals surface area contributed by atoms with Crippen molar-refractivity contribution in [1.29, 1.82) is 0 Å². The third-order valence-electron chi connectivity index (χ3n) is 4.84. The van der Waals surface area contributed by atoms with Gasteiger partial charge in [0.25, 0.3) is 5.91 Å². The molecule has 0 saturated heterocycles. The molecule has 2 rings (SSSR count). The van der Waals surface area contributed by atoms with E-state index in [1.54, 1.807) is 21.9 Å². The molecule has 0 fully saturated rings. The van der Waals surface area contributed by atoms with Gasteiger partial charge in [0.05, 0.1) is 58.9 Å². The van der Waals surface area contributed by atoms with Crippen molar-refractivity contribution in [3.63, 3.8) is 0 Å². The molecule has 0 unspecified atom stereocenters. The van der Waals surface area contributed by atoms with Crippen molar-refractivity contribution in [2.24, 2.45) is 5.41 Å². The van der Waals surface area contributed by atoms with Crippen LogP contribution in [-0.2, 0) is 32.1 Å². The van der Waals surface area contributed by atoms with Gasteiger partial charge in [0, 0.05) is 24.9 Å². The number of nitrogens with zero attached hydrogens (tertiary/aromatic N) is 4. The molecule has 1 aromatic rings. The number of carbonyl (C=O) groups is 2. The zero-order valence-electron chi connectivity index (χ0n) is 20.5. The Morgan fingerprint density at radius 3 is 2.29 bits per heavy atom. The van der Waals surface area contributed by atoms with Crippen LogP contribution in [0.15, 0.2) is 30.6 Å². The summed E-state index contributed by atoms with van der Waals surface area (Å²) >= 11 is 0. The minimum Gasteiger partial charge on any atom is -0.377 e. The highest BCUT2D eigenvalue weighted by Gasteiger charge is 2.20. The van der Waals surface area contributed by atoms with E-state index in [1.807, 2.05) is 0 Å². The van der Waals surface area contributed by atoms with Crippen LogP contribution in [0.25, 0.3) is 0 Å². The SMILES string of the molecule is C=C1C=CC(=O)N1Cc1cn(CCOCCOCCOCCNC(=O)NCCC(C)(C)C)nn1. The van der Waals surface area contributed by atoms with Gasteiger partial charge < -0.3 is 29.7 Å². The first-order valence-corrected chi connectivity index (χ1v) is 11.6. The Morgan fingerprint density at radius 2 is 1.65 bits per heavy atom. The summed E-state index contributed by atoms with van der Waals surface area (Å²) in [6.07, 6.45) is 5.89. The number of hydrogen-bond donors (Lipinski definition) is 2. The average molecular weight is 479 g/mol. The summed E-state index contributed by atoms with van der Waals surface area (Å²) in [6, 6.07) is -0.173. The minimum absolute atomic E-state index is 0.0978. The van der Waals surface area contributed by atoms with Gasteiger partial charge in [-0.1, -0.05) is 32.6 Å². The maximum absolute atomic E-state index is 11.7. The Kier molecular flexibility index (Phi) is 11.7. The Hall–Kier alpha value is -2.76. The summed E-state index contributed by atoms with van der Waals surface area (Å²) in [5, 5.41) is 13.7. The van der Waals surface area contributed by atoms with Gasteiger partial charge in [-0.15, -0.1) is 5.10 Å². The largest absolute Gasteiger partial charge is 0.377 e. The van der Waals surface area contributed by atoms with Crippen LogP contribution in [0.2, 0.25) is 0 Å². The van der Waals surface area contributed by atoms with Crippen molar-refractivity contribution in [2.45, 2.75) is 40.3 Å². The zero-order valence-corrected chi connectivity index (χ0v) is 20.5. The lowest BCUT2D eigenvalue weighted by Crippen LogP contribution is -2.38. The first-order valence-electron chi connectivity index (χ1n) is 11.6. The molecule has 2 N–H and O–H groups in total. The van der Waals surface area contributed by atoms with Gasteiger partial charge in [0.1, 0.15) is 5.69 Å². The predicted octanol–water partition coefficient (Wildman–Crippen LogP) is 1.48. The number of allylic oxidation sites excluding steroid dienone is 1. The molecule has 0 saturated carbocycles. The zero-order chi connectivity index (χ0) is 24.8. The van der Waals surface area contributed by atoms with Gasteiger partial charge in [-0.3, -0.25) is 4.79 Å². The van der Waals surface area contributed by atoms with Crippen LogP contribution >= 0.6 is 0 Å². The molecule has 190 valence electrons. The molecule has 0 atom stereocenters. The van der Waals surface area contributed by atoms with Crippen LogP contribution in [0.5, 0.6) is 0 Å². The number of carbonyl (C=O) groups excluding carboxylic acids is 2. The second kappa shape index (κ2) is 14.5. The molecule has 0 aromatic carbocycles. The van der Waals surface area contributed by atoms with Crippen molar-refractivity contribution in [3.8, 4) is 0 Å². The molecule has 1 aromatic heterocycles. The van der Waals surface area contributed by atoms with E-state index in [0.717, 1.165) is 6.42 Å². The normalized spacial score (nSPS) is 13.7. The maximum Gasteiger partial charge on any atom is 0.314 e. The third kappa shape index (κ3) is 11.4. The van der Waals surface area contributed by atoms with Crippen LogP contribution in [0, 0.1) is 5.41 Å². The van der Waals surface area contributed by atoms with Gasteiger partial charge in [0.15, 0.2) is 0 Å². The molecule has 34 heavy (non-hydrogen) atoms. The van der Waals surface area contributed by atoms with Gasteiger partial charge in [-0.25, -0.2) is 9.48 Å². The fourth-order valence-corrected chi connectivity index (χ4v) is 2.90. The second-order valence-electron chi connectivity index (χ2n) is 9.05. The van der Waals surface area contributed by atoms with Crippen LogP contribution in [0.1, 0.15) is 32.9 Å². The van der Waals surface area contributed by atoms with E-state index in [2.05, 4.69) is 48.3 Å². The molecule has 11 nitrogen and oxygen atoms in total. The predicted molar refractivity (Wildman–Crippen MR) is 127 cm³/mol. The highest BCUT2D eigenvalue weighted by Crippen LogP contribution is 2.17. The summed E-state index contributed by atoms with van der Waals surface area (Å²) < 4.78 is 18.1. The topological polar surface area (TPSA) is 120 Å². The number of rotatable bonds is 16. The first-order chi connectivity index (χ1) is 16.2. The van der Waals surface area contributed by atoms with Crippen molar-refractivity contribution in [2.75, 3.05) is 52.7 Å². The smallest absolute Gasteiger partial charge is 0.314 e. The quantitative estimate of drug-likeness (QED) is 0.345. The van der Waals surface area contributed by atoms with E-state index >= 15 is 0 Å². The van der Waals surface area contributed by atoms with E-state index < -0.39 is 0 Å². The molecule has 0 bridgehead atoms. The molecule has 11 heteroatoms. The van der Waals surface area contributed by atoms with E-state index in [4.69, 9.17) is 14.2 Å². The molecule has 2 heterocycles. The van der Waals surface area contributed by atoms with E-state index in [-0.39, 0.29) is 17.4 Å². The number of urea groups is 1. The Balaban J connectivity index is 1.38. The lowest BCUT2D eigenvalue weighted by molar-refractivity contribution is -0.123. The van der Waals surface area contributed by atoms with E-state index in [9.17, 15) is 9.59 Å². The van der Waals surface area contributed by atoms with E-state index in [0.29, 0.717) is 77.2 Å². The molecule has 1 aliphatic rings. The molecule has 3 amide bonds. The standard InChI is InChI=1S/C23H38N6O5/c1-19-5-6-21(30)29(19)18-20-17-28(27-26-20)10-12-33-14-16-34-15-13-32-11-9-25-22(31)24-8-7-23(2,3)4/h5-6,17H,1,7-16,18H2,2-4H3,(H2,24,25,31). The average Bonchev–Trinajstić information content (AvgIpc) is 3.35. The number of hydrogen-bond acceptors (Lipinski definition) is 7. The van der Waals surface area contributed by atoms with Gasteiger partial charge in [0.2, 0.25) is 0 Å². The highest BCUT2D eigenvalue weighted by molar-refractivity contribution is 5.92. The van der Waals surface area contributed by atoms with Crippen molar-refractivity contribution >= 4 is 11.9 Å². The van der Waals surface area contributed by atoms with Crippen LogP contribution in [0.3, 0.4) is 0 Å². The molecule has 0 spiro atoms. The number of aromatic nitrogens is 3. The van der Waals surface area contributed by atoms with Crippen LogP contribution < -0.4 is 10.6 Å². The lowest BCUT2D eigenvalue weighted by atomic mass is 9.92.